The number of anilines is 1. The average Bonchev–Trinajstić information content (AvgIpc) is 3.11. The summed E-state index contributed by atoms with van der Waals surface area (Å²) in [6.45, 7) is 4.22. The highest BCUT2D eigenvalue weighted by atomic mass is 15.2. The number of aromatic nitrogens is 1. The molecule has 0 amide bonds. The summed E-state index contributed by atoms with van der Waals surface area (Å²) < 4.78 is 0. The number of pyridine rings is 1. The molecule has 0 aromatic carbocycles. The van der Waals surface area contributed by atoms with Gasteiger partial charge in [-0.2, -0.15) is 5.26 Å². The van der Waals surface area contributed by atoms with Crippen LogP contribution in [0.25, 0.3) is 0 Å². The van der Waals surface area contributed by atoms with Gasteiger partial charge in [-0.1, -0.05) is 0 Å². The van der Waals surface area contributed by atoms with Crippen molar-refractivity contribution >= 4 is 5.82 Å². The molecule has 3 rings (SSSR count). The maximum atomic E-state index is 9.09. The number of nitriles is 1. The molecule has 4 nitrogen and oxygen atoms in total. The van der Waals surface area contributed by atoms with Gasteiger partial charge >= 0.3 is 0 Å². The highest BCUT2D eigenvalue weighted by Gasteiger charge is 2.34. The molecule has 1 aromatic heterocycles. The van der Waals surface area contributed by atoms with Crippen LogP contribution in [-0.2, 0) is 0 Å². The molecule has 0 spiro atoms. The van der Waals surface area contributed by atoms with E-state index in [9.17, 15) is 0 Å². The van der Waals surface area contributed by atoms with Gasteiger partial charge in [-0.15, -0.1) is 0 Å². The Kier molecular flexibility index (Phi) is 2.92. The maximum Gasteiger partial charge on any atom is 0.144 e. The summed E-state index contributed by atoms with van der Waals surface area (Å²) in [6, 6.07) is 7.20. The molecule has 1 saturated carbocycles. The van der Waals surface area contributed by atoms with Crippen LogP contribution in [0.4, 0.5) is 5.82 Å². The van der Waals surface area contributed by atoms with Crippen molar-refractivity contribution in [3.05, 3.63) is 23.4 Å². The lowest BCUT2D eigenvalue weighted by Gasteiger charge is -2.17. The summed E-state index contributed by atoms with van der Waals surface area (Å²) >= 11 is 0. The van der Waals surface area contributed by atoms with Crippen molar-refractivity contribution in [2.45, 2.75) is 38.3 Å². The van der Waals surface area contributed by atoms with E-state index >= 15 is 0 Å². The Morgan fingerprint density at radius 2 is 2.22 bits per heavy atom. The first kappa shape index (κ1) is 11.5. The molecule has 18 heavy (non-hydrogen) atoms. The molecule has 2 heterocycles. The molecule has 94 valence electrons. The van der Waals surface area contributed by atoms with Gasteiger partial charge in [0.1, 0.15) is 11.9 Å². The van der Waals surface area contributed by atoms with E-state index in [0.717, 1.165) is 30.5 Å². The summed E-state index contributed by atoms with van der Waals surface area (Å²) in [4.78, 5) is 7.00. The summed E-state index contributed by atoms with van der Waals surface area (Å²) in [7, 11) is 0. The monoisotopic (exact) mass is 242 g/mol. The van der Waals surface area contributed by atoms with E-state index in [-0.39, 0.29) is 0 Å². The molecule has 0 bridgehead atoms. The Bertz CT molecular complexity index is 487. The third-order valence-corrected chi connectivity index (χ3v) is 3.78. The van der Waals surface area contributed by atoms with E-state index in [1.807, 2.05) is 19.1 Å². The first-order valence-corrected chi connectivity index (χ1v) is 6.64. The predicted octanol–water partition coefficient (Wildman–Crippen LogP) is 1.91. The van der Waals surface area contributed by atoms with Crippen molar-refractivity contribution in [1.82, 2.24) is 9.88 Å². The van der Waals surface area contributed by atoms with E-state index in [4.69, 9.17) is 5.26 Å². The molecule has 2 fully saturated rings. The van der Waals surface area contributed by atoms with Crippen LogP contribution in [-0.4, -0.2) is 35.1 Å². The highest BCUT2D eigenvalue weighted by Crippen LogP contribution is 2.30. The minimum Gasteiger partial charge on any atom is -0.365 e. The Balaban J connectivity index is 1.69. The minimum atomic E-state index is 0.437. The fraction of sp³-hybridized carbons (Fsp3) is 0.571. The zero-order valence-electron chi connectivity index (χ0n) is 10.7. The molecule has 1 unspecified atom stereocenters. The van der Waals surface area contributed by atoms with Crippen molar-refractivity contribution in [2.24, 2.45) is 0 Å². The Hall–Kier alpha value is -1.60. The van der Waals surface area contributed by atoms with Gasteiger partial charge in [-0.05, 0) is 38.3 Å². The van der Waals surface area contributed by atoms with Gasteiger partial charge < -0.3 is 5.32 Å². The van der Waals surface area contributed by atoms with Crippen LogP contribution in [0.15, 0.2) is 12.1 Å². The third kappa shape index (κ3) is 2.32. The van der Waals surface area contributed by atoms with Gasteiger partial charge in [0.15, 0.2) is 0 Å². The van der Waals surface area contributed by atoms with Crippen LogP contribution < -0.4 is 5.32 Å². The zero-order valence-corrected chi connectivity index (χ0v) is 10.7. The van der Waals surface area contributed by atoms with Gasteiger partial charge in [0, 0.05) is 30.9 Å². The van der Waals surface area contributed by atoms with Gasteiger partial charge in [0.2, 0.25) is 0 Å². The van der Waals surface area contributed by atoms with E-state index in [1.165, 1.54) is 19.4 Å². The minimum absolute atomic E-state index is 0.437. The molecule has 1 aliphatic carbocycles. The molecule has 4 heteroatoms. The number of aryl methyl sites for hydroxylation is 1. The topological polar surface area (TPSA) is 52.0 Å². The van der Waals surface area contributed by atoms with E-state index < -0.39 is 0 Å². The van der Waals surface area contributed by atoms with Crippen LogP contribution in [0.2, 0.25) is 0 Å². The maximum absolute atomic E-state index is 9.09. The highest BCUT2D eigenvalue weighted by molar-refractivity contribution is 5.52. The Morgan fingerprint density at radius 1 is 1.39 bits per heavy atom. The standard InChI is InChI=1S/C14H18N4/c1-10-2-3-11(8-15)14(16-10)17-12-6-7-18(9-12)13-4-5-13/h2-3,12-13H,4-7,9H2,1H3,(H,16,17). The summed E-state index contributed by atoms with van der Waals surface area (Å²) in [5.41, 5.74) is 1.60. The normalized spacial score (nSPS) is 23.9. The smallest absolute Gasteiger partial charge is 0.144 e. The summed E-state index contributed by atoms with van der Waals surface area (Å²) in [6.07, 6.45) is 3.87. The third-order valence-electron chi connectivity index (χ3n) is 3.78. The molecule has 2 aliphatic rings. The van der Waals surface area contributed by atoms with Crippen molar-refractivity contribution in [3.8, 4) is 6.07 Å². The Labute approximate surface area is 108 Å². The van der Waals surface area contributed by atoms with Gasteiger partial charge in [-0.25, -0.2) is 4.98 Å². The van der Waals surface area contributed by atoms with Crippen LogP contribution in [0.1, 0.15) is 30.5 Å². The first-order valence-electron chi connectivity index (χ1n) is 6.64. The summed E-state index contributed by atoms with van der Waals surface area (Å²) in [5, 5.41) is 12.5. The molecular formula is C14H18N4. The second-order valence-corrected chi connectivity index (χ2v) is 5.32. The van der Waals surface area contributed by atoms with Crippen LogP contribution in [0, 0.1) is 18.3 Å². The summed E-state index contributed by atoms with van der Waals surface area (Å²) in [5.74, 6) is 0.750. The first-order chi connectivity index (χ1) is 8.76. The lowest BCUT2D eigenvalue weighted by atomic mass is 10.2. The van der Waals surface area contributed by atoms with Crippen LogP contribution >= 0.6 is 0 Å². The lowest BCUT2D eigenvalue weighted by molar-refractivity contribution is 0.326. The number of rotatable bonds is 3. The SMILES string of the molecule is Cc1ccc(C#N)c(NC2CCN(C3CC3)C2)n1. The molecule has 1 atom stereocenters. The molecule has 1 N–H and O–H groups in total. The fourth-order valence-corrected chi connectivity index (χ4v) is 2.63. The molecular weight excluding hydrogens is 224 g/mol. The van der Waals surface area contributed by atoms with Crippen molar-refractivity contribution < 1.29 is 0 Å². The van der Waals surface area contributed by atoms with Crippen molar-refractivity contribution in [3.63, 3.8) is 0 Å². The fourth-order valence-electron chi connectivity index (χ4n) is 2.63. The van der Waals surface area contributed by atoms with E-state index in [2.05, 4.69) is 21.3 Å². The number of nitrogens with one attached hydrogen (secondary N) is 1. The number of nitrogens with zero attached hydrogens (tertiary/aromatic N) is 3. The van der Waals surface area contributed by atoms with Gasteiger partial charge in [0.25, 0.3) is 0 Å². The Morgan fingerprint density at radius 3 is 2.94 bits per heavy atom. The van der Waals surface area contributed by atoms with Gasteiger partial charge in [-0.3, -0.25) is 4.90 Å². The largest absolute Gasteiger partial charge is 0.365 e. The second kappa shape index (κ2) is 4.58. The average molecular weight is 242 g/mol. The second-order valence-electron chi connectivity index (χ2n) is 5.32. The molecule has 1 aliphatic heterocycles. The zero-order chi connectivity index (χ0) is 12.5. The quantitative estimate of drug-likeness (QED) is 0.879. The molecule has 1 aromatic rings. The van der Waals surface area contributed by atoms with Gasteiger partial charge in [0.05, 0.1) is 5.56 Å². The van der Waals surface area contributed by atoms with Crippen LogP contribution in [0.5, 0.6) is 0 Å². The predicted molar refractivity (Wildman–Crippen MR) is 70.3 cm³/mol. The van der Waals surface area contributed by atoms with Crippen molar-refractivity contribution in [2.75, 3.05) is 18.4 Å². The van der Waals surface area contributed by atoms with Crippen molar-refractivity contribution in [1.29, 1.82) is 5.26 Å². The molecule has 1 saturated heterocycles. The van der Waals surface area contributed by atoms with Crippen LogP contribution in [0.3, 0.4) is 0 Å². The lowest BCUT2D eigenvalue weighted by Crippen LogP contribution is -2.28. The van der Waals surface area contributed by atoms with E-state index in [0.29, 0.717) is 11.6 Å². The number of hydrogen-bond donors (Lipinski definition) is 1. The number of likely N-dealkylation sites (tertiary alicyclic amines) is 1. The molecule has 0 radical (unpaired) electrons. The number of hydrogen-bond acceptors (Lipinski definition) is 4. The van der Waals surface area contributed by atoms with E-state index in [1.54, 1.807) is 0 Å².